The second kappa shape index (κ2) is 12.8. The molecule has 1 unspecified atom stereocenters. The molecule has 0 heterocycles. The van der Waals surface area contributed by atoms with Crippen molar-refractivity contribution in [2.75, 3.05) is 0 Å². The van der Waals surface area contributed by atoms with Crippen molar-refractivity contribution in [2.24, 2.45) is 0 Å². The van der Waals surface area contributed by atoms with Crippen LogP contribution in [0.5, 0.6) is 5.75 Å². The van der Waals surface area contributed by atoms with Crippen LogP contribution in [0.4, 0.5) is 4.39 Å². The maximum Gasteiger partial charge on any atom is 0.192 e. The molecule has 0 saturated carbocycles. The van der Waals surface area contributed by atoms with Crippen LogP contribution >= 0.6 is 15.9 Å². The summed E-state index contributed by atoms with van der Waals surface area (Å²) in [6, 6.07) is 28.0. The highest BCUT2D eigenvalue weighted by Gasteiger charge is 2.37. The van der Waals surface area contributed by atoms with E-state index in [9.17, 15) is 9.18 Å². The number of hydrogen-bond acceptors (Lipinski definition) is 3. The Bertz CT molecular complexity index is 1490. The first-order valence-corrected chi connectivity index (χ1v) is 17.6. The highest BCUT2D eigenvalue weighted by Crippen LogP contribution is 2.39. The Morgan fingerprint density at radius 1 is 0.902 bits per heavy atom. The Hall–Kier alpha value is -3.06. The molecule has 0 radical (unpaired) electrons. The van der Waals surface area contributed by atoms with E-state index in [4.69, 9.17) is 9.16 Å². The fourth-order valence-corrected chi connectivity index (χ4v) is 5.65. The minimum absolute atomic E-state index is 0.0220. The Labute approximate surface area is 253 Å². The first-order valence-electron chi connectivity index (χ1n) is 13.8. The van der Waals surface area contributed by atoms with Gasteiger partial charge in [0.2, 0.25) is 0 Å². The second-order valence-electron chi connectivity index (χ2n) is 12.0. The highest BCUT2D eigenvalue weighted by atomic mass is 79.9. The van der Waals surface area contributed by atoms with Gasteiger partial charge in [0.05, 0.1) is 12.5 Å². The van der Waals surface area contributed by atoms with Gasteiger partial charge in [0, 0.05) is 10.0 Å². The Kier molecular flexibility index (Phi) is 9.68. The van der Waals surface area contributed by atoms with Crippen LogP contribution in [0, 0.1) is 12.7 Å². The van der Waals surface area contributed by atoms with E-state index in [2.05, 4.69) is 49.8 Å². The lowest BCUT2D eigenvalue weighted by Gasteiger charge is -2.36. The summed E-state index contributed by atoms with van der Waals surface area (Å²) in [4.78, 5) is 14.3. The summed E-state index contributed by atoms with van der Waals surface area (Å²) in [5.74, 6) is -0.532. The molecule has 0 fully saturated rings. The highest BCUT2D eigenvalue weighted by molar-refractivity contribution is 9.10. The van der Waals surface area contributed by atoms with Gasteiger partial charge in [-0.25, -0.2) is 4.39 Å². The van der Waals surface area contributed by atoms with E-state index in [1.54, 1.807) is 6.07 Å². The SMILES string of the molecule is Cc1ccc(F)cc1C(=O)C(c1ccc(Br)cc1)c1ccc(OCc2ccccc2)cc1CO[Si](C)(C)C(C)(C)C. The number of benzene rings is 4. The van der Waals surface area contributed by atoms with Crippen LogP contribution in [-0.4, -0.2) is 14.1 Å². The van der Waals surface area contributed by atoms with Gasteiger partial charge >= 0.3 is 0 Å². The van der Waals surface area contributed by atoms with E-state index < -0.39 is 20.1 Å². The minimum Gasteiger partial charge on any atom is -0.489 e. The summed E-state index contributed by atoms with van der Waals surface area (Å²) in [5, 5.41) is 0.0220. The molecule has 0 aliphatic carbocycles. The molecule has 4 rings (SSSR count). The van der Waals surface area contributed by atoms with Gasteiger partial charge in [-0.1, -0.05) is 91.3 Å². The monoisotopic (exact) mass is 632 g/mol. The number of carbonyl (C=O) groups is 1. The lowest BCUT2D eigenvalue weighted by molar-refractivity contribution is 0.0972. The van der Waals surface area contributed by atoms with Crippen LogP contribution in [0.2, 0.25) is 18.1 Å². The van der Waals surface area contributed by atoms with Gasteiger partial charge in [-0.05, 0) is 89.3 Å². The topological polar surface area (TPSA) is 35.5 Å². The largest absolute Gasteiger partial charge is 0.489 e. The molecule has 0 aromatic heterocycles. The summed E-state index contributed by atoms with van der Waals surface area (Å²) in [6.45, 7) is 13.7. The molecule has 0 saturated heterocycles. The first kappa shape index (κ1) is 30.9. The predicted octanol–water partition coefficient (Wildman–Crippen LogP) is 10.0. The van der Waals surface area contributed by atoms with Gasteiger partial charge in [-0.15, -0.1) is 0 Å². The second-order valence-corrected chi connectivity index (χ2v) is 17.7. The zero-order chi connectivity index (χ0) is 29.8. The van der Waals surface area contributed by atoms with E-state index >= 15 is 0 Å². The third-order valence-corrected chi connectivity index (χ3v) is 13.0. The molecule has 0 bridgehead atoms. The van der Waals surface area contributed by atoms with Crippen LogP contribution in [-0.2, 0) is 17.6 Å². The number of rotatable bonds is 10. The molecular formula is C35H38BrFO3Si. The van der Waals surface area contributed by atoms with Crippen LogP contribution in [0.3, 0.4) is 0 Å². The first-order chi connectivity index (χ1) is 19.4. The number of ether oxygens (including phenoxy) is 1. The van der Waals surface area contributed by atoms with Crippen molar-refractivity contribution in [3.63, 3.8) is 0 Å². The van der Waals surface area contributed by atoms with E-state index in [-0.39, 0.29) is 10.8 Å². The third-order valence-electron chi connectivity index (χ3n) is 8.00. The zero-order valence-electron chi connectivity index (χ0n) is 24.6. The molecule has 0 amide bonds. The molecular weight excluding hydrogens is 595 g/mol. The standard InChI is InChI=1S/C35H38BrFO3Si/c1-24-12-17-29(37)21-32(24)34(38)33(26-13-15-28(36)16-14-26)31-19-18-30(39-22-25-10-8-7-9-11-25)20-27(31)23-40-41(5,6)35(2,3)4/h7-21,33H,22-23H2,1-6H3. The number of aryl methyl sites for hydroxylation is 1. The third kappa shape index (κ3) is 7.62. The number of Topliss-reactive ketones (excluding diaryl/α,β-unsaturated/α-hetero) is 1. The molecule has 0 N–H and O–H groups in total. The molecule has 3 nitrogen and oxygen atoms in total. The van der Waals surface area contributed by atoms with Crippen molar-refractivity contribution in [1.29, 1.82) is 0 Å². The lowest BCUT2D eigenvalue weighted by Crippen LogP contribution is -2.40. The molecule has 0 spiro atoms. The van der Waals surface area contributed by atoms with Gasteiger partial charge in [0.25, 0.3) is 0 Å². The molecule has 1 atom stereocenters. The Morgan fingerprint density at radius 2 is 1.59 bits per heavy atom. The molecule has 6 heteroatoms. The predicted molar refractivity (Wildman–Crippen MR) is 171 cm³/mol. The van der Waals surface area contributed by atoms with Crippen LogP contribution in [0.1, 0.15) is 64.9 Å². The Balaban J connectivity index is 1.81. The summed E-state index contributed by atoms with van der Waals surface area (Å²) in [5.41, 5.74) is 4.72. The molecule has 214 valence electrons. The maximum absolute atomic E-state index is 14.4. The van der Waals surface area contributed by atoms with Crippen molar-refractivity contribution in [3.05, 3.63) is 135 Å². The van der Waals surface area contributed by atoms with Crippen LogP contribution in [0.25, 0.3) is 0 Å². The van der Waals surface area contributed by atoms with Gasteiger partial charge < -0.3 is 9.16 Å². The molecule has 4 aromatic carbocycles. The summed E-state index contributed by atoms with van der Waals surface area (Å²) in [6.07, 6.45) is 0. The number of ketones is 1. The van der Waals surface area contributed by atoms with Crippen molar-refractivity contribution in [1.82, 2.24) is 0 Å². The summed E-state index contributed by atoms with van der Waals surface area (Å²) >= 11 is 3.51. The number of hydrogen-bond donors (Lipinski definition) is 0. The molecule has 0 aliphatic heterocycles. The lowest BCUT2D eigenvalue weighted by atomic mass is 9.81. The van der Waals surface area contributed by atoms with E-state index in [0.29, 0.717) is 24.5 Å². The van der Waals surface area contributed by atoms with Gasteiger partial charge in [0.15, 0.2) is 14.1 Å². The minimum atomic E-state index is -2.11. The average Bonchev–Trinajstić information content (AvgIpc) is 2.94. The van der Waals surface area contributed by atoms with Crippen molar-refractivity contribution in [3.8, 4) is 5.75 Å². The number of halogens is 2. The molecule has 0 aliphatic rings. The number of carbonyl (C=O) groups excluding carboxylic acids is 1. The Morgan fingerprint density at radius 3 is 2.24 bits per heavy atom. The fourth-order valence-electron chi connectivity index (χ4n) is 4.44. The van der Waals surface area contributed by atoms with E-state index in [1.807, 2.05) is 79.7 Å². The van der Waals surface area contributed by atoms with Gasteiger partial charge in [0.1, 0.15) is 18.2 Å². The average molecular weight is 634 g/mol. The fraction of sp³-hybridized carbons (Fsp3) is 0.286. The zero-order valence-corrected chi connectivity index (χ0v) is 27.2. The van der Waals surface area contributed by atoms with Gasteiger partial charge in [-0.3, -0.25) is 4.79 Å². The van der Waals surface area contributed by atoms with E-state index in [0.717, 1.165) is 32.3 Å². The van der Waals surface area contributed by atoms with Crippen LogP contribution < -0.4 is 4.74 Å². The molecule has 4 aromatic rings. The smallest absolute Gasteiger partial charge is 0.192 e. The van der Waals surface area contributed by atoms with Crippen molar-refractivity contribution >= 4 is 30.0 Å². The van der Waals surface area contributed by atoms with Crippen molar-refractivity contribution < 1.29 is 18.3 Å². The van der Waals surface area contributed by atoms with Crippen molar-refractivity contribution in [2.45, 2.75) is 65.0 Å². The van der Waals surface area contributed by atoms with E-state index in [1.165, 1.54) is 12.1 Å². The maximum atomic E-state index is 14.4. The normalized spacial score (nSPS) is 12.7. The quantitative estimate of drug-likeness (QED) is 0.129. The van der Waals surface area contributed by atoms with Gasteiger partial charge in [-0.2, -0.15) is 0 Å². The molecule has 41 heavy (non-hydrogen) atoms. The van der Waals surface area contributed by atoms with Crippen LogP contribution in [0.15, 0.2) is 95.5 Å². The summed E-state index contributed by atoms with van der Waals surface area (Å²) < 4.78 is 28.1. The summed E-state index contributed by atoms with van der Waals surface area (Å²) in [7, 11) is -2.11.